The number of halogens is 3. The molecule has 2 aromatic carbocycles. The van der Waals surface area contributed by atoms with Crippen molar-refractivity contribution in [3.05, 3.63) is 65.2 Å². The summed E-state index contributed by atoms with van der Waals surface area (Å²) in [5, 5.41) is 2.72. The fourth-order valence-electron chi connectivity index (χ4n) is 2.26. The van der Waals surface area contributed by atoms with Crippen LogP contribution in [0.25, 0.3) is 0 Å². The topological polar surface area (TPSA) is 32.3 Å². The molecule has 0 bridgehead atoms. The number of nitrogens with zero attached hydrogens (tertiary/aromatic N) is 1. The minimum absolute atomic E-state index is 0.329. The summed E-state index contributed by atoms with van der Waals surface area (Å²) in [4.78, 5) is 14.2. The molecule has 0 aliphatic carbocycles. The molecule has 3 nitrogen and oxygen atoms in total. The van der Waals surface area contributed by atoms with Crippen molar-refractivity contribution in [1.29, 1.82) is 0 Å². The number of anilines is 1. The largest absolute Gasteiger partial charge is 0.416 e. The van der Waals surface area contributed by atoms with Crippen LogP contribution in [0.1, 0.15) is 34.5 Å². The molecule has 1 unspecified atom stereocenters. The Balaban J connectivity index is 2.11. The molecule has 128 valence electrons. The molecule has 0 saturated carbocycles. The van der Waals surface area contributed by atoms with E-state index in [9.17, 15) is 18.0 Å². The molecule has 6 heteroatoms. The van der Waals surface area contributed by atoms with Gasteiger partial charge in [-0.15, -0.1) is 0 Å². The molecule has 0 spiro atoms. The van der Waals surface area contributed by atoms with Crippen LogP contribution in [0.2, 0.25) is 0 Å². The number of hydrogen-bond donors (Lipinski definition) is 1. The predicted molar refractivity (Wildman–Crippen MR) is 88.1 cm³/mol. The number of alkyl halides is 3. The lowest BCUT2D eigenvalue weighted by molar-refractivity contribution is -0.137. The van der Waals surface area contributed by atoms with E-state index in [1.807, 2.05) is 31.1 Å². The van der Waals surface area contributed by atoms with Crippen LogP contribution in [0.5, 0.6) is 0 Å². The number of benzene rings is 2. The normalized spacial score (nSPS) is 12.6. The molecule has 24 heavy (non-hydrogen) atoms. The van der Waals surface area contributed by atoms with E-state index >= 15 is 0 Å². The van der Waals surface area contributed by atoms with Crippen molar-refractivity contribution in [3.63, 3.8) is 0 Å². The van der Waals surface area contributed by atoms with Crippen LogP contribution in [0, 0.1) is 0 Å². The van der Waals surface area contributed by atoms with Crippen molar-refractivity contribution in [3.8, 4) is 0 Å². The Morgan fingerprint density at radius 3 is 2.25 bits per heavy atom. The molecule has 1 atom stereocenters. The Kier molecular flexibility index (Phi) is 5.17. The minimum atomic E-state index is -4.40. The summed E-state index contributed by atoms with van der Waals surface area (Å²) >= 11 is 0. The second-order valence-electron chi connectivity index (χ2n) is 5.76. The van der Waals surface area contributed by atoms with Gasteiger partial charge in [0.1, 0.15) is 0 Å². The lowest BCUT2D eigenvalue weighted by Crippen LogP contribution is -2.26. The summed E-state index contributed by atoms with van der Waals surface area (Å²) < 4.78 is 38.3. The SMILES string of the molecule is CC(NC(=O)c1ccc(N(C)C)cc1)c1cccc(C(F)(F)F)c1. The molecule has 0 saturated heterocycles. The average molecular weight is 336 g/mol. The highest BCUT2D eigenvalue weighted by Gasteiger charge is 2.30. The van der Waals surface area contributed by atoms with Crippen LogP contribution in [0.15, 0.2) is 48.5 Å². The number of carbonyl (C=O) groups is 1. The quantitative estimate of drug-likeness (QED) is 0.905. The first-order valence-electron chi connectivity index (χ1n) is 7.44. The second kappa shape index (κ2) is 6.95. The van der Waals surface area contributed by atoms with Gasteiger partial charge in [-0.3, -0.25) is 4.79 Å². The molecule has 1 N–H and O–H groups in total. The Bertz CT molecular complexity index is 709. The van der Waals surface area contributed by atoms with Gasteiger partial charge < -0.3 is 10.2 Å². The van der Waals surface area contributed by atoms with Crippen molar-refractivity contribution in [2.45, 2.75) is 19.1 Å². The Morgan fingerprint density at radius 1 is 1.08 bits per heavy atom. The van der Waals surface area contributed by atoms with Crippen molar-refractivity contribution in [2.24, 2.45) is 0 Å². The number of carbonyl (C=O) groups excluding carboxylic acids is 1. The van der Waals surface area contributed by atoms with Gasteiger partial charge in [0.15, 0.2) is 0 Å². The highest BCUT2D eigenvalue weighted by Crippen LogP contribution is 2.30. The van der Waals surface area contributed by atoms with E-state index in [2.05, 4.69) is 5.32 Å². The molecule has 0 aromatic heterocycles. The zero-order chi connectivity index (χ0) is 17.9. The maximum Gasteiger partial charge on any atom is 0.416 e. The number of amides is 1. The zero-order valence-corrected chi connectivity index (χ0v) is 13.7. The van der Waals surface area contributed by atoms with Gasteiger partial charge in [0, 0.05) is 25.3 Å². The Morgan fingerprint density at radius 2 is 1.71 bits per heavy atom. The van der Waals surface area contributed by atoms with Gasteiger partial charge in [-0.2, -0.15) is 13.2 Å². The van der Waals surface area contributed by atoms with E-state index in [4.69, 9.17) is 0 Å². The van der Waals surface area contributed by atoms with Crippen LogP contribution >= 0.6 is 0 Å². The molecular weight excluding hydrogens is 317 g/mol. The molecule has 2 rings (SSSR count). The molecule has 2 aromatic rings. The van der Waals surface area contributed by atoms with Crippen LogP contribution in [0.4, 0.5) is 18.9 Å². The third-order valence-corrected chi connectivity index (χ3v) is 3.71. The maximum atomic E-state index is 12.8. The lowest BCUT2D eigenvalue weighted by atomic mass is 10.0. The molecule has 0 aliphatic heterocycles. The van der Waals surface area contributed by atoms with Gasteiger partial charge in [-0.05, 0) is 48.9 Å². The Hall–Kier alpha value is -2.50. The number of hydrogen-bond acceptors (Lipinski definition) is 2. The zero-order valence-electron chi connectivity index (χ0n) is 13.7. The van der Waals surface area contributed by atoms with Gasteiger partial charge in [0.05, 0.1) is 11.6 Å². The first-order chi connectivity index (χ1) is 11.2. The fraction of sp³-hybridized carbons (Fsp3) is 0.278. The number of nitrogens with one attached hydrogen (secondary N) is 1. The van der Waals surface area contributed by atoms with E-state index in [1.54, 1.807) is 25.1 Å². The monoisotopic (exact) mass is 336 g/mol. The smallest absolute Gasteiger partial charge is 0.378 e. The predicted octanol–water partition coefficient (Wildman–Crippen LogP) is 4.26. The highest BCUT2D eigenvalue weighted by atomic mass is 19.4. The standard InChI is InChI=1S/C18H19F3N2O/c1-12(14-5-4-6-15(11-14)18(19,20)21)22-17(24)13-7-9-16(10-8-13)23(2)3/h4-12H,1-3H3,(H,22,24). The third-order valence-electron chi connectivity index (χ3n) is 3.71. The van der Waals surface area contributed by atoms with Crippen molar-refractivity contribution in [2.75, 3.05) is 19.0 Å². The Labute approximate surface area is 139 Å². The summed E-state index contributed by atoms with van der Waals surface area (Å²) in [5.74, 6) is -0.329. The van der Waals surface area contributed by atoms with E-state index in [0.29, 0.717) is 11.1 Å². The molecule has 0 heterocycles. The summed E-state index contributed by atoms with van der Waals surface area (Å²) in [6.07, 6.45) is -4.40. The fourth-order valence-corrected chi connectivity index (χ4v) is 2.26. The summed E-state index contributed by atoms with van der Waals surface area (Å²) in [6, 6.07) is 11.4. The minimum Gasteiger partial charge on any atom is -0.378 e. The van der Waals surface area contributed by atoms with Crippen LogP contribution < -0.4 is 10.2 Å². The summed E-state index contributed by atoms with van der Waals surface area (Å²) in [5.41, 5.74) is 1.09. The molecular formula is C18H19F3N2O. The second-order valence-corrected chi connectivity index (χ2v) is 5.76. The first-order valence-corrected chi connectivity index (χ1v) is 7.44. The highest BCUT2D eigenvalue weighted by molar-refractivity contribution is 5.94. The molecule has 0 radical (unpaired) electrons. The van der Waals surface area contributed by atoms with Gasteiger partial charge in [-0.1, -0.05) is 12.1 Å². The van der Waals surface area contributed by atoms with E-state index < -0.39 is 17.8 Å². The third kappa shape index (κ3) is 4.28. The van der Waals surface area contributed by atoms with Crippen molar-refractivity contribution >= 4 is 11.6 Å². The van der Waals surface area contributed by atoms with Gasteiger partial charge in [-0.25, -0.2) is 0 Å². The maximum absolute atomic E-state index is 12.8. The lowest BCUT2D eigenvalue weighted by Gasteiger charge is -2.17. The number of rotatable bonds is 4. The van der Waals surface area contributed by atoms with Gasteiger partial charge in [0.2, 0.25) is 0 Å². The summed E-state index contributed by atoms with van der Waals surface area (Å²) in [6.45, 7) is 1.65. The average Bonchev–Trinajstić information content (AvgIpc) is 2.54. The van der Waals surface area contributed by atoms with E-state index in [0.717, 1.165) is 17.8 Å². The molecule has 0 fully saturated rings. The van der Waals surface area contributed by atoms with Crippen molar-refractivity contribution in [1.82, 2.24) is 5.32 Å². The molecule has 1 amide bonds. The van der Waals surface area contributed by atoms with Gasteiger partial charge >= 0.3 is 6.18 Å². The van der Waals surface area contributed by atoms with Crippen LogP contribution in [0.3, 0.4) is 0 Å². The van der Waals surface area contributed by atoms with Gasteiger partial charge in [0.25, 0.3) is 5.91 Å². The van der Waals surface area contributed by atoms with Crippen molar-refractivity contribution < 1.29 is 18.0 Å². The van der Waals surface area contributed by atoms with E-state index in [1.165, 1.54) is 6.07 Å². The first kappa shape index (κ1) is 17.8. The molecule has 0 aliphatic rings. The van der Waals surface area contributed by atoms with E-state index in [-0.39, 0.29) is 5.91 Å². The van der Waals surface area contributed by atoms with Crippen LogP contribution in [-0.2, 0) is 6.18 Å². The van der Waals surface area contributed by atoms with Crippen LogP contribution in [-0.4, -0.2) is 20.0 Å². The summed E-state index contributed by atoms with van der Waals surface area (Å²) in [7, 11) is 3.79.